The Balaban J connectivity index is 0.000000249. The highest BCUT2D eigenvalue weighted by Crippen LogP contribution is 2.27. The second-order valence-electron chi connectivity index (χ2n) is 4.05. The zero-order valence-electron chi connectivity index (χ0n) is 9.81. The topological polar surface area (TPSA) is 77.6 Å². The second-order valence-corrected chi connectivity index (χ2v) is 5.51. The second kappa shape index (κ2) is 5.59. The predicted octanol–water partition coefficient (Wildman–Crippen LogP) is 0.713. The molecule has 0 bridgehead atoms. The highest BCUT2D eigenvalue weighted by molar-refractivity contribution is 7.85. The number of hydrogen-bond acceptors (Lipinski definition) is 4. The van der Waals surface area contributed by atoms with Gasteiger partial charge < -0.3 is 5.11 Å². The fourth-order valence-corrected chi connectivity index (χ4v) is 1.42. The van der Waals surface area contributed by atoms with Crippen LogP contribution in [0.3, 0.4) is 0 Å². The summed E-state index contributed by atoms with van der Waals surface area (Å²) in [7, 11) is -3.67. The molecule has 1 aliphatic heterocycles. The normalized spacial score (nSPS) is 26.9. The highest BCUT2D eigenvalue weighted by atomic mass is 32.2. The van der Waals surface area contributed by atoms with E-state index >= 15 is 0 Å². The number of aliphatic hydroxyl groups excluding tert-OH is 1. The minimum atomic E-state index is -3.67. The summed E-state index contributed by atoms with van der Waals surface area (Å²) in [6.45, 7) is 2.90. The number of benzene rings is 1. The lowest BCUT2D eigenvalue weighted by molar-refractivity contribution is 0.207. The van der Waals surface area contributed by atoms with E-state index < -0.39 is 10.1 Å². The van der Waals surface area contributed by atoms with Gasteiger partial charge in [0.25, 0.3) is 10.1 Å². The van der Waals surface area contributed by atoms with Crippen LogP contribution in [0.15, 0.2) is 30.3 Å². The van der Waals surface area contributed by atoms with E-state index in [1.165, 1.54) is 5.56 Å². The fourth-order valence-electron chi connectivity index (χ4n) is 1.42. The minimum Gasteiger partial charge on any atom is -0.377 e. The summed E-state index contributed by atoms with van der Waals surface area (Å²) < 4.78 is 25.9. The van der Waals surface area contributed by atoms with Gasteiger partial charge in [-0.1, -0.05) is 30.3 Å². The zero-order chi connectivity index (χ0) is 13.1. The van der Waals surface area contributed by atoms with Gasteiger partial charge in [0.1, 0.15) is 6.23 Å². The maximum absolute atomic E-state index is 9.28. The first kappa shape index (κ1) is 14.1. The van der Waals surface area contributed by atoms with Gasteiger partial charge in [-0.2, -0.15) is 8.42 Å². The third-order valence-electron chi connectivity index (χ3n) is 2.41. The summed E-state index contributed by atoms with van der Waals surface area (Å²) >= 11 is 0. The summed E-state index contributed by atoms with van der Waals surface area (Å²) in [6, 6.07) is 10.6. The van der Waals surface area contributed by atoms with Crippen LogP contribution in [-0.4, -0.2) is 41.5 Å². The van der Waals surface area contributed by atoms with E-state index in [-0.39, 0.29) is 6.23 Å². The molecule has 0 aliphatic carbocycles. The molecule has 1 fully saturated rings. The summed E-state index contributed by atoms with van der Waals surface area (Å²) in [5.74, 6) is 0. The van der Waals surface area contributed by atoms with E-state index in [0.717, 1.165) is 6.54 Å². The molecular weight excluding hydrogens is 242 g/mol. The predicted molar refractivity (Wildman–Crippen MR) is 64.9 cm³/mol. The van der Waals surface area contributed by atoms with Gasteiger partial charge in [-0.3, -0.25) is 9.45 Å². The van der Waals surface area contributed by atoms with Crippen molar-refractivity contribution in [2.45, 2.75) is 25.7 Å². The minimum absolute atomic E-state index is 0.217. The molecule has 1 aliphatic rings. The van der Waals surface area contributed by atoms with E-state index in [1.807, 2.05) is 25.1 Å². The molecule has 1 saturated heterocycles. The van der Waals surface area contributed by atoms with Gasteiger partial charge in [0.2, 0.25) is 0 Å². The molecule has 96 valence electrons. The Kier molecular flexibility index (Phi) is 4.64. The summed E-state index contributed by atoms with van der Waals surface area (Å²) in [4.78, 5) is 2.05. The Morgan fingerprint density at radius 2 is 1.71 bits per heavy atom. The Morgan fingerprint density at radius 1 is 1.29 bits per heavy atom. The Hall–Kier alpha value is -0.950. The highest BCUT2D eigenvalue weighted by Gasteiger charge is 2.41. The van der Waals surface area contributed by atoms with Crippen LogP contribution in [0.5, 0.6) is 0 Å². The largest absolute Gasteiger partial charge is 0.377 e. The lowest BCUT2D eigenvalue weighted by Gasteiger charge is -2.00. The molecule has 2 rings (SSSR count). The van der Waals surface area contributed by atoms with E-state index in [4.69, 9.17) is 4.55 Å². The number of nitrogens with zero attached hydrogens (tertiary/aromatic N) is 1. The van der Waals surface area contributed by atoms with Crippen molar-refractivity contribution in [2.24, 2.45) is 0 Å². The summed E-state index contributed by atoms with van der Waals surface area (Å²) in [5.41, 5.74) is 1.26. The maximum Gasteiger partial charge on any atom is 0.261 e. The van der Waals surface area contributed by atoms with Crippen LogP contribution >= 0.6 is 0 Å². The number of hydrogen-bond donors (Lipinski definition) is 2. The third-order valence-corrected chi connectivity index (χ3v) is 2.41. The van der Waals surface area contributed by atoms with Crippen molar-refractivity contribution in [1.82, 2.24) is 4.90 Å². The molecule has 0 saturated carbocycles. The van der Waals surface area contributed by atoms with Gasteiger partial charge in [0.05, 0.1) is 6.26 Å². The van der Waals surface area contributed by atoms with Gasteiger partial charge in [-0.05, 0) is 12.5 Å². The molecule has 1 aromatic carbocycles. The van der Waals surface area contributed by atoms with Crippen LogP contribution in [-0.2, 0) is 16.7 Å². The van der Waals surface area contributed by atoms with E-state index in [1.54, 1.807) is 0 Å². The lowest BCUT2D eigenvalue weighted by atomic mass is 10.2. The standard InChI is InChI=1S/C10H13NO.CH4O3S/c1-8-10(12)11(8)7-9-5-3-2-4-6-9;1-5(2,3)4/h2-6,8,10,12H,7H2,1H3;1H3,(H,2,3,4). The first-order chi connectivity index (χ1) is 7.79. The first-order valence-corrected chi connectivity index (χ1v) is 7.04. The van der Waals surface area contributed by atoms with Crippen LogP contribution in [0, 0.1) is 0 Å². The van der Waals surface area contributed by atoms with Crippen molar-refractivity contribution in [3.05, 3.63) is 35.9 Å². The van der Waals surface area contributed by atoms with Gasteiger partial charge in [0, 0.05) is 12.6 Å². The Labute approximate surface area is 101 Å². The first-order valence-electron chi connectivity index (χ1n) is 5.19. The molecule has 2 N–H and O–H groups in total. The molecule has 5 nitrogen and oxygen atoms in total. The van der Waals surface area contributed by atoms with Crippen LogP contribution in [0.25, 0.3) is 0 Å². The van der Waals surface area contributed by atoms with Gasteiger partial charge >= 0.3 is 0 Å². The molecule has 0 amide bonds. The Bertz CT molecular complexity index is 430. The maximum atomic E-state index is 9.28. The quantitative estimate of drug-likeness (QED) is 0.604. The van der Waals surface area contributed by atoms with Crippen LogP contribution in [0.2, 0.25) is 0 Å². The van der Waals surface area contributed by atoms with Gasteiger partial charge in [-0.15, -0.1) is 0 Å². The molecule has 3 unspecified atom stereocenters. The molecular formula is C11H17NO4S. The molecule has 1 heterocycles. The smallest absolute Gasteiger partial charge is 0.261 e. The van der Waals surface area contributed by atoms with Crippen molar-refractivity contribution in [3.8, 4) is 0 Å². The monoisotopic (exact) mass is 259 g/mol. The third kappa shape index (κ3) is 5.78. The van der Waals surface area contributed by atoms with E-state index in [9.17, 15) is 13.5 Å². The molecule has 6 heteroatoms. The van der Waals surface area contributed by atoms with Crippen LogP contribution < -0.4 is 0 Å². The molecule has 17 heavy (non-hydrogen) atoms. The molecule has 0 aromatic heterocycles. The van der Waals surface area contributed by atoms with Gasteiger partial charge in [0.15, 0.2) is 0 Å². The van der Waals surface area contributed by atoms with Crippen molar-refractivity contribution in [2.75, 3.05) is 6.26 Å². The molecule has 0 spiro atoms. The SMILES string of the molecule is CC1C(O)N1Cc1ccccc1.CS(=O)(=O)O. The van der Waals surface area contributed by atoms with Crippen molar-refractivity contribution >= 4 is 10.1 Å². The van der Waals surface area contributed by atoms with Gasteiger partial charge in [-0.25, -0.2) is 0 Å². The van der Waals surface area contributed by atoms with Crippen molar-refractivity contribution < 1.29 is 18.1 Å². The van der Waals surface area contributed by atoms with Crippen LogP contribution in [0.1, 0.15) is 12.5 Å². The van der Waals surface area contributed by atoms with Crippen molar-refractivity contribution in [3.63, 3.8) is 0 Å². The molecule has 3 atom stereocenters. The molecule has 1 aromatic rings. The number of aliphatic hydroxyl groups is 1. The summed E-state index contributed by atoms with van der Waals surface area (Å²) in [5, 5.41) is 9.28. The average molecular weight is 259 g/mol. The lowest BCUT2D eigenvalue weighted by Crippen LogP contribution is -2.01. The number of rotatable bonds is 2. The molecule has 0 radical (unpaired) electrons. The summed E-state index contributed by atoms with van der Waals surface area (Å²) in [6.07, 6.45) is 0.498. The van der Waals surface area contributed by atoms with E-state index in [0.29, 0.717) is 12.3 Å². The Morgan fingerprint density at radius 3 is 2.06 bits per heavy atom. The van der Waals surface area contributed by atoms with E-state index in [2.05, 4.69) is 17.0 Å². The fraction of sp³-hybridized carbons (Fsp3) is 0.455. The van der Waals surface area contributed by atoms with Crippen LogP contribution in [0.4, 0.5) is 0 Å². The average Bonchev–Trinajstić information content (AvgIpc) is 2.75. The van der Waals surface area contributed by atoms with Crippen molar-refractivity contribution in [1.29, 1.82) is 0 Å². The zero-order valence-corrected chi connectivity index (χ0v) is 10.6.